The van der Waals surface area contributed by atoms with E-state index in [1.54, 1.807) is 20.2 Å². The molecule has 2 fully saturated rings. The summed E-state index contributed by atoms with van der Waals surface area (Å²) in [4.78, 5) is 17.6. The van der Waals surface area contributed by atoms with Gasteiger partial charge in [0.25, 0.3) is 0 Å². The SMILES string of the molecule is CNc1cc(C2CC(OCC3CC3)CCN2Cc2c(OC)cc(C)c3[nH]ccc23)ccc1C(=O)O. The number of rotatable bonds is 9. The van der Waals surface area contributed by atoms with Gasteiger partial charge >= 0.3 is 5.97 Å². The largest absolute Gasteiger partial charge is 0.496 e. The van der Waals surface area contributed by atoms with Crippen LogP contribution in [-0.4, -0.2) is 54.4 Å². The van der Waals surface area contributed by atoms with Crippen molar-refractivity contribution in [1.29, 1.82) is 0 Å². The number of ether oxygens (including phenoxy) is 2. The number of aryl methyl sites for hydroxylation is 1. The Labute approximate surface area is 206 Å². The lowest BCUT2D eigenvalue weighted by molar-refractivity contribution is -0.0229. The topological polar surface area (TPSA) is 86.8 Å². The molecule has 3 aromatic rings. The summed E-state index contributed by atoms with van der Waals surface area (Å²) in [5.41, 5.74) is 5.51. The molecule has 0 radical (unpaired) electrons. The number of carboxylic acid groups (broad SMARTS) is 1. The molecular formula is C28H35N3O4. The second kappa shape index (κ2) is 9.91. The van der Waals surface area contributed by atoms with Crippen molar-refractivity contribution in [2.24, 2.45) is 5.92 Å². The van der Waals surface area contributed by atoms with Crippen molar-refractivity contribution in [2.45, 2.75) is 51.3 Å². The van der Waals surface area contributed by atoms with Crippen molar-refractivity contribution in [3.05, 3.63) is 58.8 Å². The van der Waals surface area contributed by atoms with E-state index in [9.17, 15) is 9.90 Å². The summed E-state index contributed by atoms with van der Waals surface area (Å²) in [5, 5.41) is 13.8. The van der Waals surface area contributed by atoms with Gasteiger partial charge in [-0.3, -0.25) is 4.90 Å². The monoisotopic (exact) mass is 477 g/mol. The van der Waals surface area contributed by atoms with Crippen LogP contribution >= 0.6 is 0 Å². The maximum atomic E-state index is 11.7. The standard InChI is InChI=1S/C28H35N3O4/c1-17-12-26(34-3)23(21-8-10-30-27(17)21)15-31-11-9-20(35-16-18-4-5-18)14-25(31)19-6-7-22(28(32)33)24(13-19)29-2/h6-8,10,12-13,18,20,25,29-30H,4-5,9,11,14-16H2,1-3H3,(H,32,33). The summed E-state index contributed by atoms with van der Waals surface area (Å²) in [5.74, 6) is 0.708. The van der Waals surface area contributed by atoms with Crippen LogP contribution in [0.25, 0.3) is 10.9 Å². The molecule has 0 amide bonds. The highest BCUT2D eigenvalue weighted by Gasteiger charge is 2.33. The minimum absolute atomic E-state index is 0.114. The number of carbonyl (C=O) groups is 1. The molecule has 2 aromatic carbocycles. The van der Waals surface area contributed by atoms with E-state index < -0.39 is 5.97 Å². The van der Waals surface area contributed by atoms with Gasteiger partial charge in [0.2, 0.25) is 0 Å². The Morgan fingerprint density at radius 1 is 1.23 bits per heavy atom. The zero-order chi connectivity index (χ0) is 24.5. The van der Waals surface area contributed by atoms with E-state index in [0.717, 1.165) is 60.8 Å². The average molecular weight is 478 g/mol. The van der Waals surface area contributed by atoms with Gasteiger partial charge in [-0.1, -0.05) is 6.07 Å². The summed E-state index contributed by atoms with van der Waals surface area (Å²) in [6.07, 6.45) is 6.63. The van der Waals surface area contributed by atoms with Crippen LogP contribution in [0.1, 0.15) is 58.8 Å². The minimum Gasteiger partial charge on any atom is -0.496 e. The summed E-state index contributed by atoms with van der Waals surface area (Å²) >= 11 is 0. The first kappa shape index (κ1) is 23.7. The van der Waals surface area contributed by atoms with Crippen molar-refractivity contribution in [3.8, 4) is 5.75 Å². The number of fused-ring (bicyclic) bond motifs is 1. The highest BCUT2D eigenvalue weighted by Crippen LogP contribution is 2.39. The number of likely N-dealkylation sites (tertiary alicyclic amines) is 1. The van der Waals surface area contributed by atoms with Crippen molar-refractivity contribution < 1.29 is 19.4 Å². The van der Waals surface area contributed by atoms with Gasteiger partial charge in [0, 0.05) is 61.1 Å². The third-order valence-corrected chi connectivity index (χ3v) is 7.55. The number of H-pyrrole nitrogens is 1. The first-order chi connectivity index (χ1) is 17.0. The number of carboxylic acids is 1. The molecule has 7 heteroatoms. The lowest BCUT2D eigenvalue weighted by Gasteiger charge is -2.40. The maximum absolute atomic E-state index is 11.7. The number of piperidine rings is 1. The molecule has 0 bridgehead atoms. The van der Waals surface area contributed by atoms with E-state index in [2.05, 4.69) is 34.3 Å². The van der Waals surface area contributed by atoms with Gasteiger partial charge < -0.3 is 24.9 Å². The normalized spacial score (nSPS) is 20.8. The van der Waals surface area contributed by atoms with E-state index in [1.165, 1.54) is 23.8 Å². The number of hydrogen-bond acceptors (Lipinski definition) is 5. The third kappa shape index (κ3) is 4.88. The van der Waals surface area contributed by atoms with E-state index in [0.29, 0.717) is 5.69 Å². The number of nitrogens with one attached hydrogen (secondary N) is 2. The maximum Gasteiger partial charge on any atom is 0.337 e. The Morgan fingerprint density at radius 2 is 2.06 bits per heavy atom. The summed E-state index contributed by atoms with van der Waals surface area (Å²) in [6, 6.07) is 10.0. The number of anilines is 1. The molecule has 2 unspecified atom stereocenters. The van der Waals surface area contributed by atoms with Crippen molar-refractivity contribution in [1.82, 2.24) is 9.88 Å². The lowest BCUT2D eigenvalue weighted by Crippen LogP contribution is -2.39. The molecule has 35 heavy (non-hydrogen) atoms. The quantitative estimate of drug-likeness (QED) is 0.385. The highest BCUT2D eigenvalue weighted by molar-refractivity contribution is 5.94. The molecule has 7 nitrogen and oxygen atoms in total. The Bertz CT molecular complexity index is 1220. The first-order valence-corrected chi connectivity index (χ1v) is 12.5. The van der Waals surface area contributed by atoms with Gasteiger partial charge in [0.05, 0.1) is 18.8 Å². The molecule has 2 atom stereocenters. The van der Waals surface area contributed by atoms with Gasteiger partial charge in [-0.2, -0.15) is 0 Å². The third-order valence-electron chi connectivity index (χ3n) is 7.55. The Balaban J connectivity index is 1.48. The van der Waals surface area contributed by atoms with E-state index in [4.69, 9.17) is 9.47 Å². The molecular weight excluding hydrogens is 442 g/mol. The summed E-state index contributed by atoms with van der Waals surface area (Å²) < 4.78 is 12.1. The van der Waals surface area contributed by atoms with Gasteiger partial charge in [0.15, 0.2) is 0 Å². The van der Waals surface area contributed by atoms with Crippen molar-refractivity contribution in [2.75, 3.05) is 32.6 Å². The van der Waals surface area contributed by atoms with Gasteiger partial charge in [-0.15, -0.1) is 0 Å². The molecule has 2 aliphatic rings. The first-order valence-electron chi connectivity index (χ1n) is 12.5. The highest BCUT2D eigenvalue weighted by atomic mass is 16.5. The zero-order valence-corrected chi connectivity index (χ0v) is 20.8. The molecule has 1 aromatic heterocycles. The molecule has 1 saturated heterocycles. The van der Waals surface area contributed by atoms with Gasteiger partial charge in [-0.25, -0.2) is 4.79 Å². The summed E-state index contributed by atoms with van der Waals surface area (Å²) in [7, 11) is 3.50. The van der Waals surface area contributed by atoms with Crippen LogP contribution < -0.4 is 10.1 Å². The lowest BCUT2D eigenvalue weighted by atomic mass is 9.91. The number of nitrogens with zero attached hydrogens (tertiary/aromatic N) is 1. The fourth-order valence-electron chi connectivity index (χ4n) is 5.37. The van der Waals surface area contributed by atoms with Crippen LogP contribution in [0.2, 0.25) is 0 Å². The molecule has 1 aliphatic carbocycles. The number of aromatic carboxylic acids is 1. The van der Waals surface area contributed by atoms with Crippen LogP contribution in [0.4, 0.5) is 5.69 Å². The fourth-order valence-corrected chi connectivity index (χ4v) is 5.37. The van der Waals surface area contributed by atoms with Crippen LogP contribution in [0.5, 0.6) is 5.75 Å². The summed E-state index contributed by atoms with van der Waals surface area (Å²) in [6.45, 7) is 4.60. The molecule has 0 spiro atoms. The van der Waals surface area contributed by atoms with Crippen molar-refractivity contribution >= 4 is 22.6 Å². The number of methoxy groups -OCH3 is 1. The smallest absolute Gasteiger partial charge is 0.337 e. The molecule has 1 aliphatic heterocycles. The second-order valence-corrected chi connectivity index (χ2v) is 9.91. The minimum atomic E-state index is -0.925. The van der Waals surface area contributed by atoms with Crippen LogP contribution in [-0.2, 0) is 11.3 Å². The average Bonchev–Trinajstić information content (AvgIpc) is 3.57. The Kier molecular flexibility index (Phi) is 6.71. The van der Waals surface area contributed by atoms with E-state index in [-0.39, 0.29) is 17.7 Å². The Morgan fingerprint density at radius 3 is 2.77 bits per heavy atom. The zero-order valence-electron chi connectivity index (χ0n) is 20.8. The predicted molar refractivity (Wildman–Crippen MR) is 137 cm³/mol. The molecule has 5 rings (SSSR count). The number of benzene rings is 2. The number of aromatic amines is 1. The van der Waals surface area contributed by atoms with Crippen LogP contribution in [0.15, 0.2) is 36.5 Å². The van der Waals surface area contributed by atoms with Gasteiger partial charge in [0.1, 0.15) is 5.75 Å². The van der Waals surface area contributed by atoms with Crippen LogP contribution in [0, 0.1) is 12.8 Å². The van der Waals surface area contributed by atoms with Crippen LogP contribution in [0.3, 0.4) is 0 Å². The molecule has 186 valence electrons. The Hall–Kier alpha value is -3.03. The molecule has 1 saturated carbocycles. The van der Waals surface area contributed by atoms with Gasteiger partial charge in [-0.05, 0) is 73.9 Å². The van der Waals surface area contributed by atoms with E-state index in [1.807, 2.05) is 18.3 Å². The molecule has 2 heterocycles. The van der Waals surface area contributed by atoms with Crippen molar-refractivity contribution in [3.63, 3.8) is 0 Å². The fraction of sp³-hybridized carbons (Fsp3) is 0.464. The molecule has 3 N–H and O–H groups in total. The predicted octanol–water partition coefficient (Wildman–Crippen LogP) is 5.36. The number of hydrogen-bond donors (Lipinski definition) is 3. The van der Waals surface area contributed by atoms with E-state index >= 15 is 0 Å². The number of aromatic nitrogens is 1. The second-order valence-electron chi connectivity index (χ2n) is 9.91.